The second-order valence-electron chi connectivity index (χ2n) is 6.42. The first-order valence-corrected chi connectivity index (χ1v) is 10.1. The fourth-order valence-electron chi connectivity index (χ4n) is 2.88. The molecule has 9 heteroatoms. The third-order valence-electron chi connectivity index (χ3n) is 4.45. The van der Waals surface area contributed by atoms with Crippen LogP contribution in [-0.2, 0) is 19.6 Å². The molecule has 0 bridgehead atoms. The Balaban J connectivity index is 1.68. The molecule has 0 atom stereocenters. The number of anilines is 1. The summed E-state index contributed by atoms with van der Waals surface area (Å²) in [5.74, 6) is 0. The molecule has 2 heterocycles. The number of aryl methyl sites for hydroxylation is 2. The number of benzene rings is 1. The van der Waals surface area contributed by atoms with Gasteiger partial charge in [0.15, 0.2) is 5.11 Å². The molecule has 3 aromatic rings. The minimum absolute atomic E-state index is 0.489. The van der Waals surface area contributed by atoms with Crippen molar-refractivity contribution in [1.82, 2.24) is 24.9 Å². The molecule has 0 radical (unpaired) electrons. The van der Waals surface area contributed by atoms with E-state index < -0.39 is 0 Å². The molecule has 0 aliphatic carbocycles. The zero-order chi connectivity index (χ0) is 20.3. The Morgan fingerprint density at radius 2 is 1.93 bits per heavy atom. The van der Waals surface area contributed by atoms with Gasteiger partial charge in [-0.1, -0.05) is 29.3 Å². The highest BCUT2D eigenvalue weighted by Crippen LogP contribution is 2.27. The lowest BCUT2D eigenvalue weighted by Crippen LogP contribution is -2.28. The number of thiocarbonyl (C=S) groups is 1. The standard InChI is InChI=1S/C19H22Cl2N6S/c1-4-26-10-14(9-23-26)8-22-19(28)24-18-12(2)25-27(13(18)3)11-15-16(20)6-5-7-17(15)21/h5-7,9-10H,4,8,11H2,1-3H3,(H2,22,24,28). The van der Waals surface area contributed by atoms with E-state index in [0.29, 0.717) is 28.2 Å². The molecule has 0 spiro atoms. The minimum atomic E-state index is 0.489. The highest BCUT2D eigenvalue weighted by atomic mass is 35.5. The maximum absolute atomic E-state index is 6.30. The summed E-state index contributed by atoms with van der Waals surface area (Å²) in [7, 11) is 0. The Morgan fingerprint density at radius 3 is 2.57 bits per heavy atom. The third-order valence-corrected chi connectivity index (χ3v) is 5.41. The van der Waals surface area contributed by atoms with Crippen LogP contribution in [0.3, 0.4) is 0 Å². The first kappa shape index (κ1) is 20.6. The van der Waals surface area contributed by atoms with Gasteiger partial charge in [0.1, 0.15) is 0 Å². The Kier molecular flexibility index (Phi) is 6.59. The number of hydrogen-bond donors (Lipinski definition) is 2. The summed E-state index contributed by atoms with van der Waals surface area (Å²) in [6.45, 7) is 7.91. The van der Waals surface area contributed by atoms with E-state index in [2.05, 4.69) is 27.8 Å². The van der Waals surface area contributed by atoms with E-state index in [1.165, 1.54) is 0 Å². The Hall–Kier alpha value is -2.09. The van der Waals surface area contributed by atoms with Crippen molar-refractivity contribution in [3.05, 3.63) is 63.2 Å². The number of nitrogens with zero attached hydrogens (tertiary/aromatic N) is 4. The van der Waals surface area contributed by atoms with Crippen LogP contribution in [0.15, 0.2) is 30.6 Å². The summed E-state index contributed by atoms with van der Waals surface area (Å²) >= 11 is 18.0. The first-order chi connectivity index (χ1) is 13.4. The summed E-state index contributed by atoms with van der Waals surface area (Å²) in [5, 5.41) is 17.1. The molecule has 0 saturated carbocycles. The van der Waals surface area contributed by atoms with E-state index in [4.69, 9.17) is 35.4 Å². The SMILES string of the molecule is CCn1cc(CNC(=S)Nc2c(C)nn(Cc3c(Cl)cccc3Cl)c2C)cn1. The van der Waals surface area contributed by atoms with Gasteiger partial charge >= 0.3 is 0 Å². The van der Waals surface area contributed by atoms with E-state index in [1.54, 1.807) is 0 Å². The van der Waals surface area contributed by atoms with Crippen molar-refractivity contribution >= 4 is 46.2 Å². The lowest BCUT2D eigenvalue weighted by Gasteiger charge is -2.11. The van der Waals surface area contributed by atoms with Gasteiger partial charge in [0.25, 0.3) is 0 Å². The normalized spacial score (nSPS) is 10.9. The largest absolute Gasteiger partial charge is 0.358 e. The fraction of sp³-hybridized carbons (Fsp3) is 0.316. The number of rotatable bonds is 6. The molecule has 0 amide bonds. The minimum Gasteiger partial charge on any atom is -0.358 e. The van der Waals surface area contributed by atoms with E-state index in [1.807, 2.05) is 53.8 Å². The molecular weight excluding hydrogens is 415 g/mol. The monoisotopic (exact) mass is 436 g/mol. The van der Waals surface area contributed by atoms with Crippen molar-refractivity contribution in [2.75, 3.05) is 5.32 Å². The zero-order valence-corrected chi connectivity index (χ0v) is 18.3. The summed E-state index contributed by atoms with van der Waals surface area (Å²) < 4.78 is 3.75. The molecule has 0 fully saturated rings. The lowest BCUT2D eigenvalue weighted by molar-refractivity contribution is 0.659. The molecule has 0 aliphatic heterocycles. The quantitative estimate of drug-likeness (QED) is 0.554. The van der Waals surface area contributed by atoms with Gasteiger partial charge in [-0.05, 0) is 45.1 Å². The number of nitrogens with one attached hydrogen (secondary N) is 2. The van der Waals surface area contributed by atoms with Crippen molar-refractivity contribution < 1.29 is 0 Å². The summed E-state index contributed by atoms with van der Waals surface area (Å²) in [6, 6.07) is 5.48. The van der Waals surface area contributed by atoms with Crippen molar-refractivity contribution in [3.8, 4) is 0 Å². The molecule has 0 saturated heterocycles. The average molecular weight is 437 g/mol. The maximum Gasteiger partial charge on any atom is 0.171 e. The Bertz CT molecular complexity index is 974. The predicted octanol–water partition coefficient (Wildman–Crippen LogP) is 4.56. The molecule has 0 unspecified atom stereocenters. The van der Waals surface area contributed by atoms with Gasteiger partial charge in [-0.3, -0.25) is 9.36 Å². The Labute approximate surface area is 179 Å². The van der Waals surface area contributed by atoms with Crippen molar-refractivity contribution in [2.45, 2.75) is 40.4 Å². The molecule has 2 aromatic heterocycles. The average Bonchev–Trinajstić information content (AvgIpc) is 3.23. The maximum atomic E-state index is 6.30. The van der Waals surface area contributed by atoms with Crippen LogP contribution in [0.1, 0.15) is 29.4 Å². The molecule has 6 nitrogen and oxygen atoms in total. The molecule has 2 N–H and O–H groups in total. The van der Waals surface area contributed by atoms with Crippen LogP contribution in [0.5, 0.6) is 0 Å². The van der Waals surface area contributed by atoms with Crippen LogP contribution in [0.4, 0.5) is 5.69 Å². The lowest BCUT2D eigenvalue weighted by atomic mass is 10.2. The summed E-state index contributed by atoms with van der Waals surface area (Å²) in [6.07, 6.45) is 3.83. The number of hydrogen-bond acceptors (Lipinski definition) is 3. The van der Waals surface area contributed by atoms with Gasteiger partial charge < -0.3 is 10.6 Å². The summed E-state index contributed by atoms with van der Waals surface area (Å²) in [4.78, 5) is 0. The fourth-order valence-corrected chi connectivity index (χ4v) is 3.57. The van der Waals surface area contributed by atoms with E-state index in [-0.39, 0.29) is 0 Å². The van der Waals surface area contributed by atoms with Crippen LogP contribution >= 0.6 is 35.4 Å². The summed E-state index contributed by atoms with van der Waals surface area (Å²) in [5.41, 5.74) is 4.60. The van der Waals surface area contributed by atoms with E-state index >= 15 is 0 Å². The topological polar surface area (TPSA) is 59.7 Å². The Morgan fingerprint density at radius 1 is 1.21 bits per heavy atom. The van der Waals surface area contributed by atoms with Crippen molar-refractivity contribution in [3.63, 3.8) is 0 Å². The van der Waals surface area contributed by atoms with Gasteiger partial charge in [0, 0.05) is 40.5 Å². The highest BCUT2D eigenvalue weighted by Gasteiger charge is 2.15. The molecule has 0 aliphatic rings. The molecule has 148 valence electrons. The number of halogens is 2. The second kappa shape index (κ2) is 8.94. The van der Waals surface area contributed by atoms with E-state index in [9.17, 15) is 0 Å². The third kappa shape index (κ3) is 4.66. The van der Waals surface area contributed by atoms with Gasteiger partial charge in [-0.25, -0.2) is 0 Å². The predicted molar refractivity (Wildman–Crippen MR) is 118 cm³/mol. The van der Waals surface area contributed by atoms with Crippen LogP contribution < -0.4 is 10.6 Å². The smallest absolute Gasteiger partial charge is 0.171 e. The van der Waals surface area contributed by atoms with Crippen LogP contribution in [0, 0.1) is 13.8 Å². The van der Waals surface area contributed by atoms with Gasteiger partial charge in [-0.2, -0.15) is 10.2 Å². The van der Waals surface area contributed by atoms with Crippen LogP contribution in [-0.4, -0.2) is 24.7 Å². The number of aromatic nitrogens is 4. The van der Waals surface area contributed by atoms with Crippen molar-refractivity contribution in [2.24, 2.45) is 0 Å². The van der Waals surface area contributed by atoms with Crippen LogP contribution in [0.25, 0.3) is 0 Å². The highest BCUT2D eigenvalue weighted by molar-refractivity contribution is 7.80. The zero-order valence-electron chi connectivity index (χ0n) is 16.0. The van der Waals surface area contributed by atoms with Gasteiger partial charge in [-0.15, -0.1) is 0 Å². The van der Waals surface area contributed by atoms with Crippen LogP contribution in [0.2, 0.25) is 10.0 Å². The van der Waals surface area contributed by atoms with Crippen molar-refractivity contribution in [1.29, 1.82) is 0 Å². The first-order valence-electron chi connectivity index (χ1n) is 8.92. The molecule has 3 rings (SSSR count). The molecule has 1 aromatic carbocycles. The molecule has 28 heavy (non-hydrogen) atoms. The van der Waals surface area contributed by atoms with Gasteiger partial charge in [0.2, 0.25) is 0 Å². The second-order valence-corrected chi connectivity index (χ2v) is 7.64. The van der Waals surface area contributed by atoms with E-state index in [0.717, 1.165) is 34.7 Å². The van der Waals surface area contributed by atoms with Gasteiger partial charge in [0.05, 0.1) is 29.8 Å². The molecular formula is C19H22Cl2N6S.